The number of Topliss-reactive ketones (excluding diaryl/α,β-unsaturated/α-hetero) is 3. The maximum absolute atomic E-state index is 10.9. The topological polar surface area (TPSA) is 155 Å². The van der Waals surface area contributed by atoms with Crippen LogP contribution in [0.25, 0.3) is 1.43 Å². The molecule has 40 heavy (non-hydrogen) atoms. The van der Waals surface area contributed by atoms with Crippen molar-refractivity contribution in [1.29, 1.82) is 2.86 Å². The van der Waals surface area contributed by atoms with Crippen molar-refractivity contribution >= 4 is 40.9 Å². The van der Waals surface area contributed by atoms with E-state index in [9.17, 15) is 37.1 Å². The second-order valence-electron chi connectivity index (χ2n) is 7.41. The van der Waals surface area contributed by atoms with Gasteiger partial charge in [-0.25, -0.2) is 4.79 Å². The largest absolute Gasteiger partial charge is 1.00 e. The number of aliphatic hydroxyl groups is 2. The van der Waals surface area contributed by atoms with Gasteiger partial charge < -0.3 is 41.9 Å². The molecular formula is C26H47ClF3LiO9. The minimum atomic E-state index is -5.04. The molecule has 9 nitrogen and oxygen atoms in total. The van der Waals surface area contributed by atoms with Crippen molar-refractivity contribution in [2.75, 3.05) is 25.7 Å². The molecule has 1 aliphatic rings. The molecule has 234 valence electrons. The second kappa shape index (κ2) is 37.5. The summed E-state index contributed by atoms with van der Waals surface area (Å²) in [6.45, 7) is 5.06. The minimum Gasteiger partial charge on any atom is -0.475 e. The van der Waals surface area contributed by atoms with E-state index in [0.29, 0.717) is 38.2 Å². The van der Waals surface area contributed by atoms with Crippen LogP contribution in [0.3, 0.4) is 0 Å². The number of carbonyl (C=O) groups is 5. The zero-order chi connectivity index (χ0) is 35.4. The summed E-state index contributed by atoms with van der Waals surface area (Å²) in [6, 6.07) is 0. The predicted molar refractivity (Wildman–Crippen MR) is 143 cm³/mol. The summed E-state index contributed by atoms with van der Waals surface area (Å²) in [4.78, 5) is 50.9. The molecule has 1 fully saturated rings. The predicted octanol–water partition coefficient (Wildman–Crippen LogP) is 2.26. The first-order valence-electron chi connectivity index (χ1n) is 14.6. The number of halogens is 4. The van der Waals surface area contributed by atoms with Gasteiger partial charge in [0.15, 0.2) is 0 Å². The van der Waals surface area contributed by atoms with E-state index in [1.807, 2.05) is 0 Å². The van der Waals surface area contributed by atoms with Crippen molar-refractivity contribution < 1.29 is 81.5 Å². The van der Waals surface area contributed by atoms with Gasteiger partial charge in [-0.15, -0.1) is 11.6 Å². The number of cyclic esters (lactones) is 1. The first-order chi connectivity index (χ1) is 20.2. The zero-order valence-electron chi connectivity index (χ0n) is 30.1. The molecule has 0 unspecified atom stereocenters. The van der Waals surface area contributed by atoms with Crippen molar-refractivity contribution in [3.05, 3.63) is 7.43 Å². The number of ketones is 3. The molecular weight excluding hydrogens is 556 g/mol. The fraction of sp³-hybridized carbons (Fsp3) is 0.769. The van der Waals surface area contributed by atoms with E-state index in [1.54, 1.807) is 6.92 Å². The van der Waals surface area contributed by atoms with Crippen LogP contribution in [0.1, 0.15) is 103 Å². The normalized spacial score (nSPS) is 14.1. The van der Waals surface area contributed by atoms with Gasteiger partial charge in [-0.3, -0.25) is 4.79 Å². The molecule has 14 heteroatoms. The molecule has 1 aliphatic heterocycles. The third-order valence-corrected chi connectivity index (χ3v) is 3.85. The van der Waals surface area contributed by atoms with Gasteiger partial charge in [-0.05, 0) is 72.1 Å². The van der Waals surface area contributed by atoms with Crippen LogP contribution >= 0.6 is 11.6 Å². The van der Waals surface area contributed by atoms with Crippen LogP contribution < -0.4 is 18.9 Å². The van der Waals surface area contributed by atoms with Crippen LogP contribution in [0.15, 0.2) is 0 Å². The van der Waals surface area contributed by atoms with Gasteiger partial charge in [0.1, 0.15) is 17.3 Å². The van der Waals surface area contributed by atoms with Gasteiger partial charge in [0, 0.05) is 50.2 Å². The molecule has 0 aromatic heterocycles. The summed E-state index contributed by atoms with van der Waals surface area (Å²) >= 11 is 5.33. The van der Waals surface area contributed by atoms with Crippen LogP contribution in [0.4, 0.5) is 13.2 Å². The van der Waals surface area contributed by atoms with Gasteiger partial charge in [0.25, 0.3) is 1.43 Å². The number of ether oxygens (including phenoxy) is 1. The number of hydrogen-bond acceptors (Lipinski definition) is 9. The number of carbonyl (C=O) groups excluding carboxylic acids is 4. The third kappa shape index (κ3) is 60.9. The molecule has 1 rings (SSSR count). The Balaban J connectivity index is -0.000000108. The number of alkyl halides is 4. The van der Waals surface area contributed by atoms with Gasteiger partial charge in [-0.2, -0.15) is 13.2 Å². The maximum atomic E-state index is 10.9. The Morgan fingerprint density at radius 2 is 1.45 bits per heavy atom. The summed E-state index contributed by atoms with van der Waals surface area (Å²) in [7, 11) is 0. The van der Waals surface area contributed by atoms with E-state index < -0.39 is 36.5 Å². The van der Waals surface area contributed by atoms with Crippen molar-refractivity contribution in [2.45, 2.75) is 104 Å². The molecule has 3 N–H and O–H groups in total. The second-order valence-corrected chi connectivity index (χ2v) is 7.79. The molecule has 0 spiro atoms. The van der Waals surface area contributed by atoms with E-state index >= 15 is 0 Å². The number of esters is 1. The summed E-state index contributed by atoms with van der Waals surface area (Å²) < 4.78 is 77.6. The molecule has 0 amide bonds. The number of hydrogen-bond donors (Lipinski definition) is 3. The fourth-order valence-corrected chi connectivity index (χ4v) is 1.92. The first-order valence-corrected chi connectivity index (χ1v) is 12.4. The van der Waals surface area contributed by atoms with Crippen molar-refractivity contribution in [2.24, 2.45) is 0 Å². The molecule has 0 aromatic rings. The van der Waals surface area contributed by atoms with Crippen molar-refractivity contribution in [1.82, 2.24) is 0 Å². The summed E-state index contributed by atoms with van der Waals surface area (Å²) in [5.41, 5.74) is 0. The Morgan fingerprint density at radius 3 is 1.73 bits per heavy atom. The number of carboxylic acid groups (broad SMARTS) is 1. The van der Waals surface area contributed by atoms with Crippen LogP contribution in [0.5, 0.6) is 0 Å². The Morgan fingerprint density at radius 1 is 0.925 bits per heavy atom. The van der Waals surface area contributed by atoms with Crippen molar-refractivity contribution in [3.63, 3.8) is 0 Å². The van der Waals surface area contributed by atoms with Crippen LogP contribution in [0.2, 0.25) is 0 Å². The Hall–Kier alpha value is -1.45. The SMILES string of the molecule is CC(=O)CCCCO.O=C1CCCCO1.[2H]C([2H])(CCCCl)C(C)=O.[2H]OC(=O)C(F)(F)F.[2H]OCCCC([2H])([2H])C(C)=O.[CH3-].[Li+]. The van der Waals surface area contributed by atoms with Gasteiger partial charge in [0.2, 0.25) is 1.43 Å². The van der Waals surface area contributed by atoms with E-state index in [2.05, 4.69) is 15.0 Å². The monoisotopic (exact) mass is 608 g/mol. The summed E-state index contributed by atoms with van der Waals surface area (Å²) in [6.07, 6.45) is -2.29. The Labute approximate surface area is 262 Å². The Bertz CT molecular complexity index is 820. The molecule has 0 bridgehead atoms. The standard InChI is InChI=1S/C6H11ClO.2C6H12O2.C5H8O2.C2HF3O2.CH3.Li/c3*1-6(8)4-2-3-5-7;6-5-3-1-2-4-7-5;3-2(4,5)1(6)7;;/h2-5H2,1H3;2*7H,2-5H2,1H3;1-4H2;(H,6,7);1H3;/q;;;;;-1;+1/i4D2;4D2,7D;;;;;/hD. The van der Waals surface area contributed by atoms with E-state index in [0.717, 1.165) is 25.7 Å². The number of unbranched alkanes of at least 4 members (excludes halogenated alkanes) is 1. The molecule has 0 aliphatic carbocycles. The quantitative estimate of drug-likeness (QED) is 0.0938. The van der Waals surface area contributed by atoms with E-state index in [4.69, 9.17) is 25.1 Å². The summed E-state index contributed by atoms with van der Waals surface area (Å²) in [5.74, 6) is -2.81. The van der Waals surface area contributed by atoms with Crippen molar-refractivity contribution in [3.8, 4) is 0 Å². The smallest absolute Gasteiger partial charge is 0.475 e. The molecule has 1 saturated heterocycles. The van der Waals surface area contributed by atoms with Crippen LogP contribution in [0, 0.1) is 7.43 Å². The number of aliphatic hydroxyl groups excluding tert-OH is 2. The minimum absolute atomic E-state index is 0. The average Bonchev–Trinajstić information content (AvgIpc) is 2.92. The van der Waals surface area contributed by atoms with Gasteiger partial charge in [0.05, 0.1) is 6.61 Å². The molecule has 0 atom stereocenters. The molecule has 1 heterocycles. The Kier molecular flexibility index (Phi) is 34.3. The van der Waals surface area contributed by atoms with E-state index in [-0.39, 0.29) is 64.1 Å². The average molecular weight is 609 g/mol. The molecule has 0 aromatic carbocycles. The maximum Gasteiger partial charge on any atom is 1.00 e. The summed E-state index contributed by atoms with van der Waals surface area (Å²) in [5, 5.41) is 14.9. The third-order valence-electron chi connectivity index (χ3n) is 3.59. The van der Waals surface area contributed by atoms with Crippen LogP contribution in [-0.2, 0) is 28.7 Å². The fourth-order valence-electron chi connectivity index (χ4n) is 1.78. The zero-order valence-corrected chi connectivity index (χ0v) is 24.9. The van der Waals surface area contributed by atoms with Crippen LogP contribution in [-0.4, -0.2) is 77.9 Å². The van der Waals surface area contributed by atoms with Gasteiger partial charge in [-0.1, -0.05) is 0 Å². The molecule has 0 saturated carbocycles. The number of carboxylic acids is 1. The first kappa shape index (κ1) is 36.6. The van der Waals surface area contributed by atoms with Gasteiger partial charge >= 0.3 is 37.0 Å². The number of aliphatic carboxylic acids is 1. The molecule has 0 radical (unpaired) electrons. The number of rotatable bonds is 13. The van der Waals surface area contributed by atoms with E-state index in [1.165, 1.54) is 13.8 Å².